The molecule has 0 aromatic rings. The number of carbonyl (C=O) groups is 1. The molecule has 0 atom stereocenters. The van der Waals surface area contributed by atoms with Gasteiger partial charge < -0.3 is 10.0 Å². The Morgan fingerprint density at radius 2 is 1.00 bits per heavy atom. The maximum absolute atomic E-state index is 9.99. The lowest BCUT2D eigenvalue weighted by Crippen LogP contribution is -2.12. The molecule has 0 aliphatic rings. The molecule has 0 aliphatic heterocycles. The largest absolute Gasteiger partial charge is 0.478 e. The molecule has 0 bridgehead atoms. The minimum atomic E-state index is -0.883. The average molecular weight is 412 g/mol. The standard InChI is InChI=1S/C20H43N.C6H10O2/c1-4-5-6-7-8-9-10-11-12-13-14-15-16-17-18-19-20-21(2)3;1-3-4-5(2)6(7)8/h4-20H2,1-3H3;2-4H2,1H3,(H,7,8). The molecule has 3 nitrogen and oxygen atoms in total. The molecule has 0 aromatic carbocycles. The molecule has 0 unspecified atom stereocenters. The van der Waals surface area contributed by atoms with Gasteiger partial charge in [0.2, 0.25) is 0 Å². The van der Waals surface area contributed by atoms with Crippen molar-refractivity contribution in [2.24, 2.45) is 0 Å². The molecule has 0 heterocycles. The fourth-order valence-corrected chi connectivity index (χ4v) is 3.38. The van der Waals surface area contributed by atoms with E-state index in [1.807, 2.05) is 6.92 Å². The Labute approximate surface area is 183 Å². The maximum atomic E-state index is 9.99. The van der Waals surface area contributed by atoms with Crippen LogP contribution < -0.4 is 0 Å². The van der Waals surface area contributed by atoms with Gasteiger partial charge in [-0.25, -0.2) is 4.79 Å². The van der Waals surface area contributed by atoms with Crippen LogP contribution >= 0.6 is 0 Å². The Morgan fingerprint density at radius 3 is 1.24 bits per heavy atom. The van der Waals surface area contributed by atoms with E-state index < -0.39 is 5.97 Å². The number of rotatable bonds is 20. The van der Waals surface area contributed by atoms with Crippen LogP contribution in [-0.2, 0) is 4.79 Å². The molecular weight excluding hydrogens is 358 g/mol. The monoisotopic (exact) mass is 411 g/mol. The lowest BCUT2D eigenvalue weighted by Gasteiger charge is -2.08. The van der Waals surface area contributed by atoms with Gasteiger partial charge in [-0.15, -0.1) is 0 Å². The van der Waals surface area contributed by atoms with Crippen molar-refractivity contribution in [3.63, 3.8) is 0 Å². The molecule has 0 radical (unpaired) electrons. The molecule has 0 rings (SSSR count). The summed E-state index contributed by atoms with van der Waals surface area (Å²) < 4.78 is 0. The molecule has 174 valence electrons. The van der Waals surface area contributed by atoms with E-state index in [9.17, 15) is 4.79 Å². The van der Waals surface area contributed by atoms with E-state index >= 15 is 0 Å². The van der Waals surface area contributed by atoms with Gasteiger partial charge in [-0.3, -0.25) is 0 Å². The second-order valence-corrected chi connectivity index (χ2v) is 8.77. The van der Waals surface area contributed by atoms with E-state index in [0.29, 0.717) is 12.0 Å². The highest BCUT2D eigenvalue weighted by Gasteiger charge is 1.99. The first-order valence-electron chi connectivity index (χ1n) is 12.5. The molecular formula is C26H53NO2. The summed E-state index contributed by atoms with van der Waals surface area (Å²) in [7, 11) is 4.34. The van der Waals surface area contributed by atoms with Crippen LogP contribution in [0.4, 0.5) is 0 Å². The van der Waals surface area contributed by atoms with Crippen molar-refractivity contribution in [2.45, 2.75) is 129 Å². The third-order valence-corrected chi connectivity index (χ3v) is 5.31. The molecule has 3 heteroatoms. The second kappa shape index (κ2) is 25.2. The zero-order chi connectivity index (χ0) is 22.2. The highest BCUT2D eigenvalue weighted by Crippen LogP contribution is 2.13. The van der Waals surface area contributed by atoms with E-state index in [2.05, 4.69) is 32.5 Å². The first-order valence-corrected chi connectivity index (χ1v) is 12.5. The van der Waals surface area contributed by atoms with Crippen molar-refractivity contribution >= 4 is 5.97 Å². The van der Waals surface area contributed by atoms with Crippen LogP contribution in [0.15, 0.2) is 12.2 Å². The predicted octanol–water partition coefficient (Wildman–Crippen LogP) is 8.24. The van der Waals surface area contributed by atoms with Crippen molar-refractivity contribution in [3.05, 3.63) is 12.2 Å². The Kier molecular flexibility index (Phi) is 26.4. The number of unbranched alkanes of at least 4 members (excludes halogenated alkanes) is 15. The van der Waals surface area contributed by atoms with Gasteiger partial charge >= 0.3 is 5.97 Å². The average Bonchev–Trinajstić information content (AvgIpc) is 2.68. The molecule has 0 amide bonds. The zero-order valence-corrected chi connectivity index (χ0v) is 20.4. The normalized spacial score (nSPS) is 10.7. The van der Waals surface area contributed by atoms with E-state index in [1.165, 1.54) is 109 Å². The number of hydrogen-bond acceptors (Lipinski definition) is 2. The van der Waals surface area contributed by atoms with Gasteiger partial charge in [-0.05, 0) is 33.5 Å². The molecule has 0 aliphatic carbocycles. The SMILES string of the molecule is C=C(CCC)C(=O)O.CCCCCCCCCCCCCCCCCCN(C)C. The predicted molar refractivity (Wildman–Crippen MR) is 130 cm³/mol. The second-order valence-electron chi connectivity index (χ2n) is 8.77. The minimum Gasteiger partial charge on any atom is -0.478 e. The quantitative estimate of drug-likeness (QED) is 0.162. The van der Waals surface area contributed by atoms with Gasteiger partial charge in [0.25, 0.3) is 0 Å². The van der Waals surface area contributed by atoms with Gasteiger partial charge in [0.1, 0.15) is 0 Å². The topological polar surface area (TPSA) is 40.5 Å². The van der Waals surface area contributed by atoms with Crippen molar-refractivity contribution in [1.29, 1.82) is 0 Å². The highest BCUT2D eigenvalue weighted by atomic mass is 16.4. The molecule has 0 saturated heterocycles. The summed E-state index contributed by atoms with van der Waals surface area (Å²) in [5, 5.41) is 8.21. The Balaban J connectivity index is 0. The maximum Gasteiger partial charge on any atom is 0.330 e. The van der Waals surface area contributed by atoms with Crippen LogP contribution in [0.1, 0.15) is 129 Å². The van der Waals surface area contributed by atoms with Crippen molar-refractivity contribution in [1.82, 2.24) is 4.90 Å². The number of hydrogen-bond donors (Lipinski definition) is 1. The minimum absolute atomic E-state index is 0.299. The van der Waals surface area contributed by atoms with Crippen molar-refractivity contribution in [3.8, 4) is 0 Å². The summed E-state index contributed by atoms with van der Waals surface area (Å²) in [4.78, 5) is 12.3. The summed E-state index contributed by atoms with van der Waals surface area (Å²) >= 11 is 0. The summed E-state index contributed by atoms with van der Waals surface area (Å²) in [6.07, 6.45) is 24.7. The van der Waals surface area contributed by atoms with Crippen LogP contribution in [-0.4, -0.2) is 36.6 Å². The Hall–Kier alpha value is -0.830. The third kappa shape index (κ3) is 29.5. The smallest absolute Gasteiger partial charge is 0.330 e. The number of carboxylic acids is 1. The molecule has 1 N–H and O–H groups in total. The number of carboxylic acid groups (broad SMARTS) is 1. The molecule has 0 saturated carbocycles. The van der Waals surface area contributed by atoms with Gasteiger partial charge in [0.15, 0.2) is 0 Å². The van der Waals surface area contributed by atoms with E-state index in [1.54, 1.807) is 0 Å². The summed E-state index contributed by atoms with van der Waals surface area (Å²) in [6, 6.07) is 0. The summed E-state index contributed by atoms with van der Waals surface area (Å²) in [5.74, 6) is -0.883. The van der Waals surface area contributed by atoms with Crippen LogP contribution in [0.2, 0.25) is 0 Å². The van der Waals surface area contributed by atoms with E-state index in [0.717, 1.165) is 6.42 Å². The fourth-order valence-electron chi connectivity index (χ4n) is 3.38. The zero-order valence-electron chi connectivity index (χ0n) is 20.4. The Morgan fingerprint density at radius 1 is 0.655 bits per heavy atom. The molecule has 0 spiro atoms. The fraction of sp³-hybridized carbons (Fsp3) is 0.885. The van der Waals surface area contributed by atoms with Crippen molar-refractivity contribution in [2.75, 3.05) is 20.6 Å². The van der Waals surface area contributed by atoms with Crippen LogP contribution in [0.3, 0.4) is 0 Å². The lowest BCUT2D eigenvalue weighted by molar-refractivity contribution is -0.132. The lowest BCUT2D eigenvalue weighted by atomic mass is 10.0. The van der Waals surface area contributed by atoms with Crippen LogP contribution in [0.25, 0.3) is 0 Å². The van der Waals surface area contributed by atoms with Crippen LogP contribution in [0.5, 0.6) is 0 Å². The van der Waals surface area contributed by atoms with Crippen molar-refractivity contribution < 1.29 is 9.90 Å². The molecule has 29 heavy (non-hydrogen) atoms. The third-order valence-electron chi connectivity index (χ3n) is 5.31. The highest BCUT2D eigenvalue weighted by molar-refractivity contribution is 5.85. The number of nitrogens with zero attached hydrogens (tertiary/aromatic N) is 1. The van der Waals surface area contributed by atoms with E-state index in [4.69, 9.17) is 5.11 Å². The van der Waals surface area contributed by atoms with E-state index in [-0.39, 0.29) is 0 Å². The van der Waals surface area contributed by atoms with Gasteiger partial charge in [-0.2, -0.15) is 0 Å². The van der Waals surface area contributed by atoms with Crippen LogP contribution in [0, 0.1) is 0 Å². The number of aliphatic carboxylic acids is 1. The molecule has 0 fully saturated rings. The molecule has 0 aromatic heterocycles. The van der Waals surface area contributed by atoms with Gasteiger partial charge in [0, 0.05) is 5.57 Å². The first kappa shape index (κ1) is 30.4. The summed E-state index contributed by atoms with van der Waals surface area (Å²) in [5.41, 5.74) is 0.299. The first-order chi connectivity index (χ1) is 14.0. The summed E-state index contributed by atoms with van der Waals surface area (Å²) in [6.45, 7) is 8.83. The van der Waals surface area contributed by atoms with Gasteiger partial charge in [0.05, 0.1) is 0 Å². The van der Waals surface area contributed by atoms with Gasteiger partial charge in [-0.1, -0.05) is 123 Å². The Bertz CT molecular complexity index is 353.